The lowest BCUT2D eigenvalue weighted by Gasteiger charge is -2.14. The maximum Gasteiger partial charge on any atom is 0.340 e. The molecule has 8 heteroatoms. The van der Waals surface area contributed by atoms with E-state index in [1.165, 1.54) is 14.1 Å². The van der Waals surface area contributed by atoms with Crippen molar-refractivity contribution in [3.63, 3.8) is 0 Å². The van der Waals surface area contributed by atoms with Gasteiger partial charge in [-0.25, -0.2) is 4.79 Å². The Kier molecular flexibility index (Phi) is 6.45. The summed E-state index contributed by atoms with van der Waals surface area (Å²) in [6.07, 6.45) is 0.315. The highest BCUT2D eigenvalue weighted by molar-refractivity contribution is 7.90. The van der Waals surface area contributed by atoms with Crippen molar-refractivity contribution in [3.8, 4) is 16.9 Å². The summed E-state index contributed by atoms with van der Waals surface area (Å²) in [6.45, 7) is 1.90. The highest BCUT2D eigenvalue weighted by atomic mass is 32.2. The van der Waals surface area contributed by atoms with E-state index in [1.54, 1.807) is 25.3 Å². The molecule has 0 saturated heterocycles. The molecule has 0 radical (unpaired) electrons. The number of anilines is 1. The first-order chi connectivity index (χ1) is 16.2. The third-order valence-electron chi connectivity index (χ3n) is 5.74. The van der Waals surface area contributed by atoms with Crippen LogP contribution in [-0.2, 0) is 16.6 Å². The summed E-state index contributed by atoms with van der Waals surface area (Å²) in [6, 6.07) is 20.4. The molecular formula is C26H26N2O5S. The number of benzene rings is 3. The van der Waals surface area contributed by atoms with E-state index < -0.39 is 15.8 Å². The summed E-state index contributed by atoms with van der Waals surface area (Å²) in [5, 5.41) is 0.845. The second kappa shape index (κ2) is 9.32. The van der Waals surface area contributed by atoms with E-state index in [2.05, 4.69) is 4.72 Å². The van der Waals surface area contributed by atoms with Crippen LogP contribution in [0.5, 0.6) is 5.75 Å². The van der Waals surface area contributed by atoms with Gasteiger partial charge in [0.2, 0.25) is 0 Å². The smallest absolute Gasteiger partial charge is 0.340 e. The van der Waals surface area contributed by atoms with E-state index in [4.69, 9.17) is 9.15 Å². The highest BCUT2D eigenvalue weighted by Crippen LogP contribution is 2.32. The minimum absolute atomic E-state index is 0.315. The Balaban J connectivity index is 1.70. The topological polar surface area (TPSA) is 88.9 Å². The third kappa shape index (κ3) is 4.69. The van der Waals surface area contributed by atoms with Crippen molar-refractivity contribution in [2.45, 2.75) is 13.3 Å². The molecule has 0 bridgehead atoms. The molecule has 1 heterocycles. The Labute approximate surface area is 198 Å². The lowest BCUT2D eigenvalue weighted by molar-refractivity contribution is 0.416. The molecule has 1 aromatic heterocycles. The first-order valence-electron chi connectivity index (χ1n) is 10.7. The second-order valence-corrected chi connectivity index (χ2v) is 10.1. The van der Waals surface area contributed by atoms with Gasteiger partial charge in [0.15, 0.2) is 0 Å². The van der Waals surface area contributed by atoms with Crippen LogP contribution in [0.25, 0.3) is 22.1 Å². The van der Waals surface area contributed by atoms with Crippen LogP contribution in [-0.4, -0.2) is 33.9 Å². The molecule has 0 unspecified atom stereocenters. The Morgan fingerprint density at radius 3 is 2.50 bits per heavy atom. The van der Waals surface area contributed by atoms with Gasteiger partial charge in [0.1, 0.15) is 11.3 Å². The normalized spacial score (nSPS) is 11.7. The lowest BCUT2D eigenvalue weighted by atomic mass is 9.97. The number of ether oxygens (including phenoxy) is 1. The van der Waals surface area contributed by atoms with E-state index in [-0.39, 0.29) is 0 Å². The predicted molar refractivity (Wildman–Crippen MR) is 135 cm³/mol. The van der Waals surface area contributed by atoms with Crippen LogP contribution >= 0.6 is 0 Å². The summed E-state index contributed by atoms with van der Waals surface area (Å²) in [4.78, 5) is 12.9. The van der Waals surface area contributed by atoms with Crippen molar-refractivity contribution >= 4 is 26.9 Å². The fraction of sp³-hybridized carbons (Fsp3) is 0.192. The lowest BCUT2D eigenvalue weighted by Crippen LogP contribution is -2.28. The van der Waals surface area contributed by atoms with Crippen LogP contribution in [0.3, 0.4) is 0 Å². The quantitative estimate of drug-likeness (QED) is 0.393. The SMILES string of the molecule is COc1ccccc1-c1ccc2c(C)c(Cc3cccc(NS(=O)(=O)N(C)C)c3)c(=O)oc2c1. The average Bonchev–Trinajstić information content (AvgIpc) is 2.81. The molecule has 4 aromatic rings. The maximum absolute atomic E-state index is 12.9. The monoisotopic (exact) mass is 478 g/mol. The number of rotatable bonds is 7. The molecule has 7 nitrogen and oxygen atoms in total. The zero-order chi connectivity index (χ0) is 24.5. The Bertz CT molecular complexity index is 1520. The van der Waals surface area contributed by atoms with E-state index >= 15 is 0 Å². The summed E-state index contributed by atoms with van der Waals surface area (Å²) in [5.74, 6) is 0.738. The van der Waals surface area contributed by atoms with Crippen molar-refractivity contribution in [1.82, 2.24) is 4.31 Å². The van der Waals surface area contributed by atoms with Crippen LogP contribution in [0.15, 0.2) is 75.9 Å². The molecule has 0 saturated carbocycles. The minimum Gasteiger partial charge on any atom is -0.496 e. The number of nitrogens with zero attached hydrogens (tertiary/aromatic N) is 1. The predicted octanol–water partition coefficient (Wildman–Crippen LogP) is 4.59. The number of fused-ring (bicyclic) bond motifs is 1. The highest BCUT2D eigenvalue weighted by Gasteiger charge is 2.16. The van der Waals surface area contributed by atoms with E-state index in [1.807, 2.05) is 55.5 Å². The van der Waals surface area contributed by atoms with Crippen LogP contribution in [0.4, 0.5) is 5.69 Å². The van der Waals surface area contributed by atoms with Crippen LogP contribution in [0.1, 0.15) is 16.7 Å². The van der Waals surface area contributed by atoms with Gasteiger partial charge in [-0.15, -0.1) is 0 Å². The van der Waals surface area contributed by atoms with Crippen molar-refractivity contribution in [2.75, 3.05) is 25.9 Å². The molecular weight excluding hydrogens is 452 g/mol. The molecule has 1 N–H and O–H groups in total. The fourth-order valence-corrected chi connectivity index (χ4v) is 4.45. The molecule has 0 fully saturated rings. The zero-order valence-corrected chi connectivity index (χ0v) is 20.3. The van der Waals surface area contributed by atoms with Gasteiger partial charge in [-0.2, -0.15) is 12.7 Å². The minimum atomic E-state index is -3.62. The molecule has 0 aliphatic carbocycles. The molecule has 4 rings (SSSR count). The van der Waals surface area contributed by atoms with Crippen LogP contribution in [0.2, 0.25) is 0 Å². The van der Waals surface area contributed by atoms with Crippen molar-refractivity contribution in [3.05, 3.63) is 93.8 Å². The Hall–Kier alpha value is -3.62. The van der Waals surface area contributed by atoms with Crippen molar-refractivity contribution in [2.24, 2.45) is 0 Å². The van der Waals surface area contributed by atoms with Crippen LogP contribution < -0.4 is 15.1 Å². The first-order valence-corrected chi connectivity index (χ1v) is 12.1. The molecule has 176 valence electrons. The molecule has 34 heavy (non-hydrogen) atoms. The first kappa shape index (κ1) is 23.5. The van der Waals surface area contributed by atoms with Gasteiger partial charge in [-0.3, -0.25) is 4.72 Å². The summed E-state index contributed by atoms with van der Waals surface area (Å²) in [5.41, 5.74) is 4.47. The standard InChI is InChI=1S/C26H26N2O5S/c1-17-21-13-12-19(22-10-5-6-11-24(22)32-4)16-25(21)33-26(29)23(17)15-18-8-7-9-20(14-18)27-34(30,31)28(2)3/h5-14,16,27H,15H2,1-4H3. The van der Waals surface area contributed by atoms with Gasteiger partial charge in [0, 0.05) is 37.0 Å². The maximum atomic E-state index is 12.9. The van der Waals surface area contributed by atoms with E-state index in [0.29, 0.717) is 23.3 Å². The zero-order valence-electron chi connectivity index (χ0n) is 19.5. The summed E-state index contributed by atoms with van der Waals surface area (Å²) >= 11 is 0. The van der Waals surface area contributed by atoms with Gasteiger partial charge in [-0.05, 0) is 47.9 Å². The van der Waals surface area contributed by atoms with Gasteiger partial charge in [-0.1, -0.05) is 42.5 Å². The summed E-state index contributed by atoms with van der Waals surface area (Å²) in [7, 11) is 0.905. The molecule has 0 amide bonds. The van der Waals surface area contributed by atoms with E-state index in [9.17, 15) is 13.2 Å². The Morgan fingerprint density at radius 1 is 1.00 bits per heavy atom. The largest absolute Gasteiger partial charge is 0.496 e. The van der Waals surface area contributed by atoms with Gasteiger partial charge >= 0.3 is 15.8 Å². The number of nitrogens with one attached hydrogen (secondary N) is 1. The van der Waals surface area contributed by atoms with Crippen LogP contribution in [0, 0.1) is 6.92 Å². The Morgan fingerprint density at radius 2 is 1.76 bits per heavy atom. The molecule has 3 aromatic carbocycles. The van der Waals surface area contributed by atoms with Crippen molar-refractivity contribution in [1.29, 1.82) is 0 Å². The van der Waals surface area contributed by atoms with Gasteiger partial charge < -0.3 is 9.15 Å². The third-order valence-corrected chi connectivity index (χ3v) is 7.20. The summed E-state index contributed by atoms with van der Waals surface area (Å²) < 4.78 is 39.1. The fourth-order valence-electron chi connectivity index (χ4n) is 3.84. The number of para-hydroxylation sites is 1. The van der Waals surface area contributed by atoms with Gasteiger partial charge in [0.25, 0.3) is 0 Å². The number of aryl methyl sites for hydroxylation is 1. The molecule has 0 aliphatic heterocycles. The van der Waals surface area contributed by atoms with Crippen molar-refractivity contribution < 1.29 is 17.6 Å². The number of hydrogen-bond acceptors (Lipinski definition) is 5. The number of hydrogen-bond donors (Lipinski definition) is 1. The number of methoxy groups -OCH3 is 1. The molecule has 0 atom stereocenters. The van der Waals surface area contributed by atoms with E-state index in [0.717, 1.165) is 37.7 Å². The average molecular weight is 479 g/mol. The molecule has 0 spiro atoms. The molecule has 0 aliphatic rings. The van der Waals surface area contributed by atoms with Gasteiger partial charge in [0.05, 0.1) is 12.8 Å². The second-order valence-electron chi connectivity index (χ2n) is 8.17.